The van der Waals surface area contributed by atoms with Gasteiger partial charge in [-0.15, -0.1) is 0 Å². The monoisotopic (exact) mass is 254 g/mol. The molecule has 0 spiro atoms. The summed E-state index contributed by atoms with van der Waals surface area (Å²) in [6.07, 6.45) is 4.01. The first-order valence-corrected chi connectivity index (χ1v) is 6.83. The minimum absolute atomic E-state index is 0.0192. The Hall–Kier alpha value is -1.97. The first-order chi connectivity index (χ1) is 9.27. The summed E-state index contributed by atoms with van der Waals surface area (Å²) in [5.41, 5.74) is 1.31. The fourth-order valence-corrected chi connectivity index (χ4v) is 3.41. The normalized spacial score (nSPS) is 28.6. The van der Waals surface area contributed by atoms with Gasteiger partial charge in [-0.25, -0.2) is 0 Å². The number of anilines is 1. The summed E-state index contributed by atoms with van der Waals surface area (Å²) < 4.78 is 0. The van der Waals surface area contributed by atoms with Crippen molar-refractivity contribution in [1.82, 2.24) is 0 Å². The van der Waals surface area contributed by atoms with Gasteiger partial charge in [-0.05, 0) is 25.0 Å². The average Bonchev–Trinajstić information content (AvgIpc) is 2.74. The fourth-order valence-electron chi connectivity index (χ4n) is 3.41. The molecule has 1 fully saturated rings. The Labute approximate surface area is 111 Å². The van der Waals surface area contributed by atoms with Crippen molar-refractivity contribution in [1.29, 1.82) is 0 Å². The Morgan fingerprint density at radius 2 is 1.89 bits per heavy atom. The first-order valence-electron chi connectivity index (χ1n) is 6.83. The first kappa shape index (κ1) is 10.9. The van der Waals surface area contributed by atoms with Crippen molar-refractivity contribution in [3.05, 3.63) is 29.8 Å². The Balaban J connectivity index is 1.88. The van der Waals surface area contributed by atoms with Crippen LogP contribution in [0.1, 0.15) is 36.0 Å². The number of hydrogen-bond donors (Lipinski definition) is 0. The molecule has 19 heavy (non-hydrogen) atoms. The molecule has 1 aromatic carbocycles. The van der Waals surface area contributed by atoms with Crippen LogP contribution < -0.4 is 4.90 Å². The number of carbonyl (C=O) groups is 2. The average molecular weight is 254 g/mol. The second-order valence-corrected chi connectivity index (χ2v) is 5.43. The number of hydrogen-bond acceptors (Lipinski definition) is 3. The highest BCUT2D eigenvalue weighted by Gasteiger charge is 2.46. The highest BCUT2D eigenvalue weighted by Crippen LogP contribution is 2.38. The van der Waals surface area contributed by atoms with Gasteiger partial charge in [-0.2, -0.15) is 0 Å². The van der Waals surface area contributed by atoms with Gasteiger partial charge in [0.05, 0.1) is 23.2 Å². The number of carbonyl (C=O) groups excluding carboxylic acids is 2. The fraction of sp³-hybridized carbons (Fsp3) is 0.400. The van der Waals surface area contributed by atoms with E-state index < -0.39 is 0 Å². The summed E-state index contributed by atoms with van der Waals surface area (Å²) in [5, 5.41) is 0. The van der Waals surface area contributed by atoms with Gasteiger partial charge in [0, 0.05) is 0 Å². The van der Waals surface area contributed by atoms with Crippen LogP contribution in [0.15, 0.2) is 29.3 Å². The summed E-state index contributed by atoms with van der Waals surface area (Å²) in [6.45, 7) is 0. The molecular formula is C15H14N2O2. The molecule has 3 aliphatic rings. The molecule has 0 radical (unpaired) electrons. The molecule has 0 saturated heterocycles. The summed E-state index contributed by atoms with van der Waals surface area (Å²) in [6, 6.07) is 7.31. The number of nitrogens with zero attached hydrogens (tertiary/aromatic N) is 2. The van der Waals surface area contributed by atoms with Crippen LogP contribution in [0.5, 0.6) is 0 Å². The third kappa shape index (κ3) is 1.37. The summed E-state index contributed by atoms with van der Waals surface area (Å²) in [5.74, 6) is 0.270. The molecule has 1 aliphatic carbocycles. The molecule has 0 bridgehead atoms. The van der Waals surface area contributed by atoms with Crippen LogP contribution in [-0.4, -0.2) is 23.6 Å². The third-order valence-electron chi connectivity index (χ3n) is 4.36. The van der Waals surface area contributed by atoms with Crippen molar-refractivity contribution in [3.8, 4) is 0 Å². The summed E-state index contributed by atoms with van der Waals surface area (Å²) in [4.78, 5) is 31.1. The molecule has 1 saturated carbocycles. The highest BCUT2D eigenvalue weighted by atomic mass is 16.2. The zero-order valence-electron chi connectivity index (χ0n) is 10.5. The molecule has 4 nitrogen and oxygen atoms in total. The van der Waals surface area contributed by atoms with Gasteiger partial charge < -0.3 is 0 Å². The highest BCUT2D eigenvalue weighted by molar-refractivity contribution is 6.58. The van der Waals surface area contributed by atoms with E-state index in [0.29, 0.717) is 17.1 Å². The van der Waals surface area contributed by atoms with Crippen molar-refractivity contribution in [2.24, 2.45) is 10.9 Å². The molecule has 2 atom stereocenters. The lowest BCUT2D eigenvalue weighted by atomic mass is 9.83. The SMILES string of the molecule is O=C1C2=NC3CCCCC3C(=O)N2c2ccccc21. The predicted molar refractivity (Wildman–Crippen MR) is 71.4 cm³/mol. The van der Waals surface area contributed by atoms with Crippen molar-refractivity contribution in [2.45, 2.75) is 31.7 Å². The molecule has 96 valence electrons. The van der Waals surface area contributed by atoms with Crippen LogP contribution in [0, 0.1) is 5.92 Å². The smallest absolute Gasteiger partial charge is 0.238 e. The molecule has 4 heteroatoms. The summed E-state index contributed by atoms with van der Waals surface area (Å²) >= 11 is 0. The minimum atomic E-state index is -0.104. The summed E-state index contributed by atoms with van der Waals surface area (Å²) in [7, 11) is 0. The number of rotatable bonds is 0. The number of amides is 1. The van der Waals surface area contributed by atoms with Gasteiger partial charge in [0.25, 0.3) is 0 Å². The standard InChI is InChI=1S/C15H14N2O2/c18-13-10-6-2-4-8-12(10)17-14(13)16-11-7-3-1-5-9(11)15(17)19/h2,4,6,8-9,11H,1,3,5,7H2. The van der Waals surface area contributed by atoms with Gasteiger partial charge in [-0.3, -0.25) is 19.5 Å². The largest absolute Gasteiger partial charge is 0.285 e. The maximum absolute atomic E-state index is 12.6. The van der Waals surface area contributed by atoms with Crippen LogP contribution in [0.2, 0.25) is 0 Å². The van der Waals surface area contributed by atoms with Crippen molar-refractivity contribution >= 4 is 23.2 Å². The number of amidine groups is 1. The lowest BCUT2D eigenvalue weighted by Crippen LogP contribution is -2.49. The second-order valence-electron chi connectivity index (χ2n) is 5.43. The van der Waals surface area contributed by atoms with Crippen LogP contribution in [0.3, 0.4) is 0 Å². The lowest BCUT2D eigenvalue weighted by molar-refractivity contribution is -0.123. The Morgan fingerprint density at radius 1 is 1.11 bits per heavy atom. The minimum Gasteiger partial charge on any atom is -0.285 e. The van der Waals surface area contributed by atoms with Gasteiger partial charge >= 0.3 is 0 Å². The van der Waals surface area contributed by atoms with Gasteiger partial charge in [0.15, 0.2) is 5.84 Å². The molecule has 0 aromatic heterocycles. The van der Waals surface area contributed by atoms with Crippen molar-refractivity contribution in [2.75, 3.05) is 4.90 Å². The van der Waals surface area contributed by atoms with E-state index >= 15 is 0 Å². The van der Waals surface area contributed by atoms with Crippen LogP contribution >= 0.6 is 0 Å². The van der Waals surface area contributed by atoms with Crippen molar-refractivity contribution < 1.29 is 9.59 Å². The van der Waals surface area contributed by atoms with E-state index in [4.69, 9.17) is 0 Å². The number of Topliss-reactive ketones (excluding diaryl/α,β-unsaturated/α-hetero) is 1. The molecule has 2 heterocycles. The maximum Gasteiger partial charge on any atom is 0.238 e. The maximum atomic E-state index is 12.6. The van der Waals surface area contributed by atoms with E-state index in [2.05, 4.69) is 4.99 Å². The predicted octanol–water partition coefficient (Wildman–Crippen LogP) is 2.19. The van der Waals surface area contributed by atoms with E-state index in [1.807, 2.05) is 18.2 Å². The molecule has 2 aliphatic heterocycles. The van der Waals surface area contributed by atoms with Crippen LogP contribution in [0.25, 0.3) is 0 Å². The molecule has 0 N–H and O–H groups in total. The molecule has 1 amide bonds. The van der Waals surface area contributed by atoms with Crippen molar-refractivity contribution in [3.63, 3.8) is 0 Å². The number of ketones is 1. The third-order valence-corrected chi connectivity index (χ3v) is 4.36. The molecule has 1 aromatic rings. The molecule has 2 unspecified atom stereocenters. The zero-order valence-corrected chi connectivity index (χ0v) is 10.5. The van der Waals surface area contributed by atoms with Crippen LogP contribution in [0.4, 0.5) is 5.69 Å². The zero-order chi connectivity index (χ0) is 13.0. The van der Waals surface area contributed by atoms with E-state index in [0.717, 1.165) is 25.7 Å². The lowest BCUT2D eigenvalue weighted by Gasteiger charge is -2.35. The van der Waals surface area contributed by atoms with E-state index in [-0.39, 0.29) is 23.7 Å². The Morgan fingerprint density at radius 3 is 2.79 bits per heavy atom. The number of fused-ring (bicyclic) bond motifs is 4. The second kappa shape index (κ2) is 3.76. The Bertz CT molecular complexity index is 620. The van der Waals surface area contributed by atoms with E-state index in [9.17, 15) is 9.59 Å². The van der Waals surface area contributed by atoms with Gasteiger partial charge in [-0.1, -0.05) is 25.0 Å². The molecule has 4 rings (SSSR count). The number of para-hydroxylation sites is 1. The van der Waals surface area contributed by atoms with E-state index in [1.54, 1.807) is 11.0 Å². The Kier molecular flexibility index (Phi) is 2.16. The topological polar surface area (TPSA) is 49.7 Å². The van der Waals surface area contributed by atoms with E-state index in [1.165, 1.54) is 0 Å². The number of benzene rings is 1. The quantitative estimate of drug-likeness (QED) is 0.712. The number of aliphatic imine (C=N–C) groups is 1. The van der Waals surface area contributed by atoms with Gasteiger partial charge in [0.2, 0.25) is 11.7 Å². The van der Waals surface area contributed by atoms with Gasteiger partial charge in [0.1, 0.15) is 0 Å². The van der Waals surface area contributed by atoms with Crippen LogP contribution in [-0.2, 0) is 4.79 Å². The molecular weight excluding hydrogens is 240 g/mol.